The SMILES string of the molecule is Cc1ccc2c(c1)nc(CCCl)n2Cc1csc(=O)[nH]1. The van der Waals surface area contributed by atoms with Gasteiger partial charge in [-0.25, -0.2) is 4.98 Å². The first-order valence-electron chi connectivity index (χ1n) is 6.36. The Hall–Kier alpha value is -1.59. The number of rotatable bonds is 4. The Balaban J connectivity index is 2.10. The van der Waals surface area contributed by atoms with Crippen LogP contribution in [0.15, 0.2) is 28.4 Å². The van der Waals surface area contributed by atoms with Crippen molar-refractivity contribution in [3.63, 3.8) is 0 Å². The molecule has 6 heteroatoms. The number of H-pyrrole nitrogens is 1. The number of hydrogen-bond donors (Lipinski definition) is 1. The summed E-state index contributed by atoms with van der Waals surface area (Å²) in [5, 5.41) is 1.85. The van der Waals surface area contributed by atoms with Crippen LogP contribution in [0.5, 0.6) is 0 Å². The summed E-state index contributed by atoms with van der Waals surface area (Å²) in [7, 11) is 0. The van der Waals surface area contributed by atoms with Crippen LogP contribution >= 0.6 is 22.9 Å². The topological polar surface area (TPSA) is 50.7 Å². The molecular weight excluding hydrogens is 294 g/mol. The van der Waals surface area contributed by atoms with Crippen molar-refractivity contribution in [2.24, 2.45) is 0 Å². The number of fused-ring (bicyclic) bond motifs is 1. The highest BCUT2D eigenvalue weighted by Gasteiger charge is 2.11. The van der Waals surface area contributed by atoms with Gasteiger partial charge in [-0.1, -0.05) is 17.4 Å². The number of halogens is 1. The third-order valence-electron chi connectivity index (χ3n) is 3.20. The number of hydrogen-bond acceptors (Lipinski definition) is 3. The van der Waals surface area contributed by atoms with Crippen molar-refractivity contribution in [3.05, 3.63) is 50.3 Å². The van der Waals surface area contributed by atoms with Crippen LogP contribution in [-0.2, 0) is 13.0 Å². The molecule has 1 aromatic carbocycles. The Kier molecular flexibility index (Phi) is 3.63. The number of aromatic nitrogens is 3. The van der Waals surface area contributed by atoms with Gasteiger partial charge in [-0.2, -0.15) is 0 Å². The minimum absolute atomic E-state index is 0.0286. The molecule has 0 aliphatic rings. The van der Waals surface area contributed by atoms with Crippen molar-refractivity contribution in [1.29, 1.82) is 0 Å². The third-order valence-corrected chi connectivity index (χ3v) is 4.11. The van der Waals surface area contributed by atoms with Gasteiger partial charge in [-0.05, 0) is 24.6 Å². The second-order valence-corrected chi connectivity index (χ2v) is 5.94. The lowest BCUT2D eigenvalue weighted by molar-refractivity contribution is 0.740. The minimum Gasteiger partial charge on any atom is -0.322 e. The van der Waals surface area contributed by atoms with Crippen LogP contribution in [0.25, 0.3) is 11.0 Å². The second kappa shape index (κ2) is 5.42. The van der Waals surface area contributed by atoms with Gasteiger partial charge >= 0.3 is 4.87 Å². The monoisotopic (exact) mass is 307 g/mol. The lowest BCUT2D eigenvalue weighted by atomic mass is 10.2. The van der Waals surface area contributed by atoms with Crippen molar-refractivity contribution in [1.82, 2.24) is 14.5 Å². The maximum Gasteiger partial charge on any atom is 0.304 e. The van der Waals surface area contributed by atoms with E-state index in [0.717, 1.165) is 22.6 Å². The first-order valence-corrected chi connectivity index (χ1v) is 7.77. The number of aromatic amines is 1. The highest BCUT2D eigenvalue weighted by molar-refractivity contribution is 7.07. The zero-order valence-electron chi connectivity index (χ0n) is 11.0. The molecule has 0 aliphatic heterocycles. The van der Waals surface area contributed by atoms with Crippen LogP contribution in [0.4, 0.5) is 0 Å². The van der Waals surface area contributed by atoms with Crippen LogP contribution in [0.1, 0.15) is 17.1 Å². The summed E-state index contributed by atoms with van der Waals surface area (Å²) in [4.78, 5) is 18.7. The number of nitrogens with one attached hydrogen (secondary N) is 1. The highest BCUT2D eigenvalue weighted by Crippen LogP contribution is 2.19. The van der Waals surface area contributed by atoms with Gasteiger partial charge in [0.05, 0.1) is 17.6 Å². The largest absolute Gasteiger partial charge is 0.322 e. The Morgan fingerprint density at radius 1 is 1.45 bits per heavy atom. The second-order valence-electron chi connectivity index (χ2n) is 4.72. The molecule has 104 valence electrons. The fourth-order valence-corrected chi connectivity index (χ4v) is 3.05. The summed E-state index contributed by atoms with van der Waals surface area (Å²) < 4.78 is 2.12. The average molecular weight is 308 g/mol. The van der Waals surface area contributed by atoms with Gasteiger partial charge < -0.3 is 9.55 Å². The van der Waals surface area contributed by atoms with Crippen molar-refractivity contribution < 1.29 is 0 Å². The maximum absolute atomic E-state index is 11.3. The van der Waals surface area contributed by atoms with E-state index in [-0.39, 0.29) is 4.87 Å². The van der Waals surface area contributed by atoms with E-state index in [1.54, 1.807) is 0 Å². The minimum atomic E-state index is -0.0286. The number of alkyl halides is 1. The number of aryl methyl sites for hydroxylation is 2. The van der Waals surface area contributed by atoms with E-state index in [1.165, 1.54) is 16.9 Å². The average Bonchev–Trinajstić information content (AvgIpc) is 2.95. The van der Waals surface area contributed by atoms with Gasteiger partial charge in [0.1, 0.15) is 5.82 Å². The fraction of sp³-hybridized carbons (Fsp3) is 0.286. The molecule has 0 atom stereocenters. The van der Waals surface area contributed by atoms with Crippen LogP contribution in [0.2, 0.25) is 0 Å². The van der Waals surface area contributed by atoms with Crippen molar-refractivity contribution in [2.45, 2.75) is 19.9 Å². The van der Waals surface area contributed by atoms with Gasteiger partial charge in [-0.15, -0.1) is 11.6 Å². The van der Waals surface area contributed by atoms with Crippen molar-refractivity contribution in [3.8, 4) is 0 Å². The van der Waals surface area contributed by atoms with Gasteiger partial charge in [-0.3, -0.25) is 4.79 Å². The molecular formula is C14H14ClN3OS. The molecule has 0 radical (unpaired) electrons. The Bertz CT molecular complexity index is 802. The molecule has 20 heavy (non-hydrogen) atoms. The van der Waals surface area contributed by atoms with Crippen molar-refractivity contribution in [2.75, 3.05) is 5.88 Å². The van der Waals surface area contributed by atoms with E-state index in [4.69, 9.17) is 11.6 Å². The molecule has 1 N–H and O–H groups in total. The van der Waals surface area contributed by atoms with Gasteiger partial charge in [0.15, 0.2) is 0 Å². The summed E-state index contributed by atoms with van der Waals surface area (Å²) in [5.74, 6) is 1.48. The quantitative estimate of drug-likeness (QED) is 0.753. The maximum atomic E-state index is 11.3. The first-order chi connectivity index (χ1) is 9.67. The number of thiazole rings is 1. The van der Waals surface area contributed by atoms with Gasteiger partial charge in [0.25, 0.3) is 0 Å². The number of nitrogens with zero attached hydrogens (tertiary/aromatic N) is 2. The zero-order valence-corrected chi connectivity index (χ0v) is 12.6. The van der Waals surface area contributed by atoms with E-state index < -0.39 is 0 Å². The van der Waals surface area contributed by atoms with E-state index in [0.29, 0.717) is 18.8 Å². The molecule has 0 bridgehead atoms. The zero-order chi connectivity index (χ0) is 14.1. The van der Waals surface area contributed by atoms with Crippen LogP contribution in [0, 0.1) is 6.92 Å². The summed E-state index contributed by atoms with van der Waals surface area (Å²) in [6.45, 7) is 2.67. The highest BCUT2D eigenvalue weighted by atomic mass is 35.5. The normalized spacial score (nSPS) is 11.3. The summed E-state index contributed by atoms with van der Waals surface area (Å²) in [5.41, 5.74) is 4.13. The van der Waals surface area contributed by atoms with Crippen LogP contribution in [-0.4, -0.2) is 20.4 Å². The molecule has 4 nitrogen and oxygen atoms in total. The smallest absolute Gasteiger partial charge is 0.304 e. The fourth-order valence-electron chi connectivity index (χ4n) is 2.30. The molecule has 0 saturated heterocycles. The number of benzene rings is 1. The molecule has 0 amide bonds. The predicted octanol–water partition coefficient (Wildman–Crippen LogP) is 2.92. The first kappa shape index (κ1) is 13.4. The molecule has 2 aromatic heterocycles. The molecule has 0 saturated carbocycles. The third kappa shape index (κ3) is 2.51. The summed E-state index contributed by atoms with van der Waals surface area (Å²) in [6.07, 6.45) is 0.712. The summed E-state index contributed by atoms with van der Waals surface area (Å²) >= 11 is 7.05. The Morgan fingerprint density at radius 3 is 3.00 bits per heavy atom. The predicted molar refractivity (Wildman–Crippen MR) is 82.9 cm³/mol. The standard InChI is InChI=1S/C14H14ClN3OS/c1-9-2-3-12-11(6-9)17-13(4-5-15)18(12)7-10-8-20-14(19)16-10/h2-3,6,8H,4-5,7H2,1H3,(H,16,19). The Morgan fingerprint density at radius 2 is 2.30 bits per heavy atom. The van der Waals surface area contributed by atoms with E-state index >= 15 is 0 Å². The lowest BCUT2D eigenvalue weighted by Crippen LogP contribution is -2.07. The van der Waals surface area contributed by atoms with Gasteiger partial charge in [0.2, 0.25) is 0 Å². The molecule has 0 spiro atoms. The van der Waals surface area contributed by atoms with E-state index in [2.05, 4.69) is 39.7 Å². The molecule has 0 fully saturated rings. The molecule has 0 aliphatic carbocycles. The van der Waals surface area contributed by atoms with Crippen molar-refractivity contribution >= 4 is 34.0 Å². The molecule has 0 unspecified atom stereocenters. The lowest BCUT2D eigenvalue weighted by Gasteiger charge is -2.06. The van der Waals surface area contributed by atoms with Gasteiger partial charge in [0, 0.05) is 23.4 Å². The van der Waals surface area contributed by atoms with Crippen LogP contribution in [0.3, 0.4) is 0 Å². The molecule has 3 aromatic rings. The number of imidazole rings is 1. The van der Waals surface area contributed by atoms with E-state index in [1.807, 2.05) is 5.38 Å². The Labute approximate surface area is 125 Å². The molecule has 2 heterocycles. The molecule has 3 rings (SSSR count). The van der Waals surface area contributed by atoms with E-state index in [9.17, 15) is 4.79 Å². The summed E-state index contributed by atoms with van der Waals surface area (Å²) in [6, 6.07) is 6.21. The van der Waals surface area contributed by atoms with Crippen LogP contribution < -0.4 is 4.87 Å².